The van der Waals surface area contributed by atoms with E-state index in [-0.39, 0.29) is 24.2 Å². The largest absolute Gasteiger partial charge is 0.502 e. The van der Waals surface area contributed by atoms with E-state index in [9.17, 15) is 5.11 Å². The minimum absolute atomic E-state index is 0. The number of methoxy groups -OCH3 is 2. The highest BCUT2D eigenvalue weighted by atomic mass is 35.5. The van der Waals surface area contributed by atoms with Crippen molar-refractivity contribution in [3.63, 3.8) is 0 Å². The van der Waals surface area contributed by atoms with Crippen molar-refractivity contribution in [3.05, 3.63) is 17.7 Å². The predicted octanol–water partition coefficient (Wildman–Crippen LogP) is 1.96. The zero-order valence-electron chi connectivity index (χ0n) is 11.4. The van der Waals surface area contributed by atoms with E-state index in [1.54, 1.807) is 12.1 Å². The molecule has 1 atom stereocenters. The van der Waals surface area contributed by atoms with Crippen molar-refractivity contribution in [3.8, 4) is 17.2 Å². The lowest BCUT2D eigenvalue weighted by Crippen LogP contribution is -2.11. The summed E-state index contributed by atoms with van der Waals surface area (Å²) in [5.41, 5.74) is 12.4. The van der Waals surface area contributed by atoms with Crippen molar-refractivity contribution in [2.75, 3.05) is 20.8 Å². The predicted molar refractivity (Wildman–Crippen MR) is 78.3 cm³/mol. The quantitative estimate of drug-likeness (QED) is 0.668. The Morgan fingerprint density at radius 2 is 1.68 bits per heavy atom. The van der Waals surface area contributed by atoms with Crippen LogP contribution in [0.1, 0.15) is 30.9 Å². The van der Waals surface area contributed by atoms with Gasteiger partial charge < -0.3 is 26.0 Å². The summed E-state index contributed by atoms with van der Waals surface area (Å²) in [6, 6.07) is 3.37. The zero-order valence-corrected chi connectivity index (χ0v) is 12.2. The molecule has 0 spiro atoms. The van der Waals surface area contributed by atoms with E-state index in [2.05, 4.69) is 0 Å². The van der Waals surface area contributed by atoms with Gasteiger partial charge in [-0.2, -0.15) is 0 Å². The van der Waals surface area contributed by atoms with Crippen LogP contribution in [0, 0.1) is 0 Å². The van der Waals surface area contributed by atoms with Crippen LogP contribution in [-0.4, -0.2) is 25.9 Å². The summed E-state index contributed by atoms with van der Waals surface area (Å²) in [6.07, 6.45) is 2.78. The summed E-state index contributed by atoms with van der Waals surface area (Å²) >= 11 is 0. The van der Waals surface area contributed by atoms with Crippen molar-refractivity contribution < 1.29 is 14.6 Å². The SMILES string of the molecule is COc1cc([C@@H](N)CCCCN)cc(OC)c1O.Cl. The Morgan fingerprint density at radius 3 is 2.11 bits per heavy atom. The lowest BCUT2D eigenvalue weighted by atomic mass is 10.0. The van der Waals surface area contributed by atoms with E-state index in [1.807, 2.05) is 0 Å². The molecule has 0 saturated carbocycles. The van der Waals surface area contributed by atoms with E-state index in [0.29, 0.717) is 18.0 Å². The summed E-state index contributed by atoms with van der Waals surface area (Å²) in [5.74, 6) is 0.746. The van der Waals surface area contributed by atoms with Crippen LogP contribution in [0.15, 0.2) is 12.1 Å². The number of rotatable bonds is 7. The number of hydrogen-bond acceptors (Lipinski definition) is 5. The number of phenols is 1. The minimum atomic E-state index is -0.111. The maximum absolute atomic E-state index is 9.80. The third-order valence-electron chi connectivity index (χ3n) is 2.90. The van der Waals surface area contributed by atoms with Gasteiger partial charge in [-0.1, -0.05) is 6.42 Å². The Kier molecular flexibility index (Phi) is 8.30. The molecule has 19 heavy (non-hydrogen) atoms. The number of hydrogen-bond donors (Lipinski definition) is 3. The fraction of sp³-hybridized carbons (Fsp3) is 0.538. The Bertz CT molecular complexity index is 363. The van der Waals surface area contributed by atoms with Gasteiger partial charge in [-0.3, -0.25) is 0 Å². The topological polar surface area (TPSA) is 90.7 Å². The molecule has 6 heteroatoms. The van der Waals surface area contributed by atoms with Crippen molar-refractivity contribution in [1.82, 2.24) is 0 Å². The van der Waals surface area contributed by atoms with Gasteiger partial charge in [0, 0.05) is 6.04 Å². The first kappa shape index (κ1) is 17.8. The van der Waals surface area contributed by atoms with Crippen molar-refractivity contribution in [2.45, 2.75) is 25.3 Å². The van der Waals surface area contributed by atoms with Gasteiger partial charge in [-0.05, 0) is 37.1 Å². The van der Waals surface area contributed by atoms with Crippen LogP contribution in [0.4, 0.5) is 0 Å². The second kappa shape index (κ2) is 8.85. The smallest absolute Gasteiger partial charge is 0.200 e. The number of unbranched alkanes of at least 4 members (excludes halogenated alkanes) is 1. The summed E-state index contributed by atoms with van der Waals surface area (Å²) in [5, 5.41) is 9.80. The zero-order chi connectivity index (χ0) is 13.5. The summed E-state index contributed by atoms with van der Waals surface area (Å²) in [4.78, 5) is 0. The minimum Gasteiger partial charge on any atom is -0.502 e. The maximum atomic E-state index is 9.80. The standard InChI is InChI=1S/C13H22N2O3.ClH/c1-17-11-7-9(8-12(18-2)13(11)16)10(15)5-3-4-6-14;/h7-8,10,16H,3-6,14-15H2,1-2H3;1H/t10-;/m0./s1. The average Bonchev–Trinajstić information content (AvgIpc) is 2.39. The van der Waals surface area contributed by atoms with Crippen LogP contribution in [0.5, 0.6) is 17.2 Å². The number of phenolic OH excluding ortho intramolecular Hbond substituents is 1. The molecule has 0 heterocycles. The lowest BCUT2D eigenvalue weighted by molar-refractivity contribution is 0.338. The molecule has 5 nitrogen and oxygen atoms in total. The number of halogens is 1. The Hall–Kier alpha value is -1.17. The Balaban J connectivity index is 0.00000324. The first-order chi connectivity index (χ1) is 8.63. The molecule has 0 aliphatic carbocycles. The number of nitrogens with two attached hydrogens (primary N) is 2. The van der Waals surface area contributed by atoms with Gasteiger partial charge in [-0.15, -0.1) is 12.4 Å². The molecule has 0 bridgehead atoms. The molecule has 0 aliphatic rings. The third-order valence-corrected chi connectivity index (χ3v) is 2.90. The van der Waals surface area contributed by atoms with Crippen molar-refractivity contribution in [1.29, 1.82) is 0 Å². The van der Waals surface area contributed by atoms with E-state index in [0.717, 1.165) is 24.8 Å². The van der Waals surface area contributed by atoms with Crippen LogP contribution in [0.2, 0.25) is 0 Å². The Labute approximate surface area is 120 Å². The van der Waals surface area contributed by atoms with E-state index in [4.69, 9.17) is 20.9 Å². The maximum Gasteiger partial charge on any atom is 0.200 e. The highest BCUT2D eigenvalue weighted by Gasteiger charge is 2.14. The molecule has 0 aliphatic heterocycles. The van der Waals surface area contributed by atoms with Gasteiger partial charge in [0.05, 0.1) is 14.2 Å². The first-order valence-electron chi connectivity index (χ1n) is 6.04. The van der Waals surface area contributed by atoms with Gasteiger partial charge >= 0.3 is 0 Å². The molecule has 5 N–H and O–H groups in total. The van der Waals surface area contributed by atoms with Crippen LogP contribution in [0.25, 0.3) is 0 Å². The van der Waals surface area contributed by atoms with E-state index >= 15 is 0 Å². The van der Waals surface area contributed by atoms with Gasteiger partial charge in [0.25, 0.3) is 0 Å². The highest BCUT2D eigenvalue weighted by molar-refractivity contribution is 5.85. The molecule has 0 fully saturated rings. The third kappa shape index (κ3) is 4.78. The number of benzene rings is 1. The average molecular weight is 291 g/mol. The molecule has 0 saturated heterocycles. The first-order valence-corrected chi connectivity index (χ1v) is 6.04. The molecule has 1 aromatic rings. The molecular weight excluding hydrogens is 268 g/mol. The summed E-state index contributed by atoms with van der Waals surface area (Å²) in [7, 11) is 3.00. The van der Waals surface area contributed by atoms with Gasteiger partial charge in [0.1, 0.15) is 0 Å². The van der Waals surface area contributed by atoms with Crippen LogP contribution < -0.4 is 20.9 Å². The number of aromatic hydroxyl groups is 1. The van der Waals surface area contributed by atoms with Crippen molar-refractivity contribution in [2.24, 2.45) is 11.5 Å². The fourth-order valence-electron chi connectivity index (χ4n) is 1.80. The van der Waals surface area contributed by atoms with Crippen molar-refractivity contribution >= 4 is 12.4 Å². The molecule has 110 valence electrons. The molecule has 0 radical (unpaired) electrons. The fourth-order valence-corrected chi connectivity index (χ4v) is 1.80. The second-order valence-corrected chi connectivity index (χ2v) is 4.16. The van der Waals surface area contributed by atoms with Gasteiger partial charge in [0.2, 0.25) is 5.75 Å². The van der Waals surface area contributed by atoms with Crippen LogP contribution in [-0.2, 0) is 0 Å². The van der Waals surface area contributed by atoms with E-state index in [1.165, 1.54) is 14.2 Å². The Morgan fingerprint density at radius 1 is 1.16 bits per heavy atom. The van der Waals surface area contributed by atoms with E-state index < -0.39 is 0 Å². The summed E-state index contributed by atoms with van der Waals surface area (Å²) in [6.45, 7) is 0.676. The second-order valence-electron chi connectivity index (χ2n) is 4.16. The highest BCUT2D eigenvalue weighted by Crippen LogP contribution is 2.38. The lowest BCUT2D eigenvalue weighted by Gasteiger charge is -2.16. The molecule has 1 aromatic carbocycles. The normalized spacial score (nSPS) is 11.6. The van der Waals surface area contributed by atoms with Crippen LogP contribution >= 0.6 is 12.4 Å². The molecule has 0 amide bonds. The molecule has 0 unspecified atom stereocenters. The molecule has 0 aromatic heterocycles. The van der Waals surface area contributed by atoms with Gasteiger partial charge in [0.15, 0.2) is 11.5 Å². The number of ether oxygens (including phenoxy) is 2. The van der Waals surface area contributed by atoms with Crippen LogP contribution in [0.3, 0.4) is 0 Å². The molecule has 1 rings (SSSR count). The molecular formula is C13H23ClN2O3. The summed E-state index contributed by atoms with van der Waals surface area (Å²) < 4.78 is 10.2. The monoisotopic (exact) mass is 290 g/mol. The van der Waals surface area contributed by atoms with Gasteiger partial charge in [-0.25, -0.2) is 0 Å².